The molecule has 1 amide bonds. The second-order valence-corrected chi connectivity index (χ2v) is 14.8. The summed E-state index contributed by atoms with van der Waals surface area (Å²) in [4.78, 5) is 35.2. The number of anilines is 1. The number of hydrogen-bond donors (Lipinski definition) is 4. The van der Waals surface area contributed by atoms with E-state index in [-0.39, 0.29) is 40.6 Å². The molecule has 4 atom stereocenters. The minimum Gasteiger partial charge on any atom is -0.414 e. The lowest BCUT2D eigenvalue weighted by Gasteiger charge is -2.37. The van der Waals surface area contributed by atoms with Crippen LogP contribution in [0.25, 0.3) is 11.2 Å². The molecule has 0 unspecified atom stereocenters. The summed E-state index contributed by atoms with van der Waals surface area (Å²) in [5, 5.41) is 23.8. The van der Waals surface area contributed by atoms with E-state index in [9.17, 15) is 19.8 Å². The molecule has 0 spiro atoms. The zero-order valence-electron chi connectivity index (χ0n) is 19.5. The number of H-pyrrole nitrogens is 1. The number of carbonyl (C=O) groups is 1. The van der Waals surface area contributed by atoms with Crippen molar-refractivity contribution in [1.29, 1.82) is 0 Å². The van der Waals surface area contributed by atoms with Crippen LogP contribution in [0, 0.1) is 5.92 Å². The van der Waals surface area contributed by atoms with Crippen molar-refractivity contribution in [2.24, 2.45) is 5.92 Å². The number of fused-ring (bicyclic) bond motifs is 1. The molecule has 0 bridgehead atoms. The van der Waals surface area contributed by atoms with E-state index in [0.717, 1.165) is 0 Å². The molecule has 3 rings (SSSR count). The number of nitrogens with zero attached hydrogens (tertiary/aromatic N) is 3. The number of carbonyl (C=O) groups excluding carboxylic acids is 1. The SMILES string of the molecule is CC(C)C(=O)Nc1nc2c(ncn2[C@@H]2O[C@@H](CO[Si](C)(C)C(C)(C)C)[C@@H](O)[C@H]2O)c(=O)[nH]1. The maximum absolute atomic E-state index is 12.4. The molecule has 2 aromatic rings. The van der Waals surface area contributed by atoms with Crippen LogP contribution in [0.2, 0.25) is 18.1 Å². The molecule has 0 saturated carbocycles. The minimum atomic E-state index is -2.09. The topological polar surface area (TPSA) is 152 Å². The van der Waals surface area contributed by atoms with Crippen molar-refractivity contribution in [2.45, 2.75) is 77.3 Å². The molecule has 1 fully saturated rings. The molecule has 3 heterocycles. The molecule has 0 aromatic carbocycles. The standard InChI is InChI=1S/C20H33N5O6Si/c1-10(2)16(28)23-19-22-15-12(17(29)24-19)21-9-25(15)18-14(27)13(26)11(31-18)8-30-32(6,7)20(3,4)5/h9-11,13-14,18,26-27H,8H2,1-7H3,(H2,22,23,24,28,29)/t11-,13+,14+,18+/m0/s1. The van der Waals surface area contributed by atoms with E-state index in [2.05, 4.69) is 54.1 Å². The highest BCUT2D eigenvalue weighted by molar-refractivity contribution is 6.74. The van der Waals surface area contributed by atoms with Gasteiger partial charge in [0.15, 0.2) is 25.7 Å². The van der Waals surface area contributed by atoms with E-state index in [1.165, 1.54) is 10.9 Å². The van der Waals surface area contributed by atoms with Gasteiger partial charge in [-0.3, -0.25) is 24.5 Å². The summed E-state index contributed by atoms with van der Waals surface area (Å²) in [6.07, 6.45) is -2.94. The van der Waals surface area contributed by atoms with E-state index >= 15 is 0 Å². The molecular formula is C20H33N5O6Si. The summed E-state index contributed by atoms with van der Waals surface area (Å²) in [6, 6.07) is 0. The van der Waals surface area contributed by atoms with E-state index in [4.69, 9.17) is 9.16 Å². The third kappa shape index (κ3) is 4.64. The summed E-state index contributed by atoms with van der Waals surface area (Å²) in [7, 11) is -2.09. The summed E-state index contributed by atoms with van der Waals surface area (Å²) < 4.78 is 13.5. The third-order valence-corrected chi connectivity index (χ3v) is 10.7. The average molecular weight is 468 g/mol. The molecule has 0 radical (unpaired) electrons. The molecule has 11 nitrogen and oxygen atoms in total. The summed E-state index contributed by atoms with van der Waals surface area (Å²) in [5.41, 5.74) is -0.396. The number of aliphatic hydroxyl groups excluding tert-OH is 2. The molecular weight excluding hydrogens is 434 g/mol. The fraction of sp³-hybridized carbons (Fsp3) is 0.700. The predicted octanol–water partition coefficient (Wildman–Crippen LogP) is 1.36. The van der Waals surface area contributed by atoms with Gasteiger partial charge < -0.3 is 19.4 Å². The molecule has 32 heavy (non-hydrogen) atoms. The van der Waals surface area contributed by atoms with Gasteiger partial charge in [-0.1, -0.05) is 34.6 Å². The van der Waals surface area contributed by atoms with Gasteiger partial charge in [-0.25, -0.2) is 4.98 Å². The van der Waals surface area contributed by atoms with Crippen molar-refractivity contribution in [1.82, 2.24) is 19.5 Å². The number of aromatic amines is 1. The first-order valence-corrected chi connectivity index (χ1v) is 13.6. The first-order valence-electron chi connectivity index (χ1n) is 10.7. The lowest BCUT2D eigenvalue weighted by atomic mass is 10.1. The maximum Gasteiger partial charge on any atom is 0.280 e. The Hall–Kier alpha value is -2.12. The number of aromatic nitrogens is 4. The Morgan fingerprint density at radius 1 is 1.34 bits per heavy atom. The van der Waals surface area contributed by atoms with Gasteiger partial charge in [0.1, 0.15) is 18.3 Å². The van der Waals surface area contributed by atoms with Crippen LogP contribution in [0.15, 0.2) is 11.1 Å². The predicted molar refractivity (Wildman–Crippen MR) is 121 cm³/mol. The van der Waals surface area contributed by atoms with E-state index in [0.29, 0.717) is 0 Å². The zero-order valence-corrected chi connectivity index (χ0v) is 20.5. The van der Waals surface area contributed by atoms with Crippen molar-refractivity contribution in [3.05, 3.63) is 16.7 Å². The largest absolute Gasteiger partial charge is 0.414 e. The number of rotatable bonds is 6. The molecule has 4 N–H and O–H groups in total. The van der Waals surface area contributed by atoms with Crippen LogP contribution < -0.4 is 10.9 Å². The molecule has 1 saturated heterocycles. The van der Waals surface area contributed by atoms with Crippen LogP contribution >= 0.6 is 0 Å². The summed E-state index contributed by atoms with van der Waals surface area (Å²) >= 11 is 0. The molecule has 178 valence electrons. The highest BCUT2D eigenvalue weighted by atomic mass is 28.4. The molecule has 1 aliphatic rings. The number of imidazole rings is 1. The number of amides is 1. The van der Waals surface area contributed by atoms with Gasteiger partial charge in [-0.05, 0) is 18.1 Å². The summed E-state index contributed by atoms with van der Waals surface area (Å²) in [6.45, 7) is 14.1. The monoisotopic (exact) mass is 467 g/mol. The average Bonchev–Trinajstić information content (AvgIpc) is 3.21. The van der Waals surface area contributed by atoms with Crippen LogP contribution in [0.3, 0.4) is 0 Å². The van der Waals surface area contributed by atoms with Crippen LogP contribution in [0.1, 0.15) is 40.8 Å². The van der Waals surface area contributed by atoms with Gasteiger partial charge in [0.2, 0.25) is 11.9 Å². The fourth-order valence-electron chi connectivity index (χ4n) is 3.04. The second-order valence-electron chi connectivity index (χ2n) is 10.0. The smallest absolute Gasteiger partial charge is 0.280 e. The van der Waals surface area contributed by atoms with Crippen molar-refractivity contribution < 1.29 is 24.2 Å². The van der Waals surface area contributed by atoms with Crippen LogP contribution in [-0.2, 0) is 14.0 Å². The highest BCUT2D eigenvalue weighted by Crippen LogP contribution is 2.38. The third-order valence-electron chi connectivity index (χ3n) is 6.22. The lowest BCUT2D eigenvalue weighted by molar-refractivity contribution is -0.118. The van der Waals surface area contributed by atoms with Crippen LogP contribution in [0.4, 0.5) is 5.95 Å². The number of nitrogens with one attached hydrogen (secondary N) is 2. The lowest BCUT2D eigenvalue weighted by Crippen LogP contribution is -2.44. The van der Waals surface area contributed by atoms with Crippen LogP contribution in [-0.4, -0.2) is 68.9 Å². The Kier molecular flexibility index (Phi) is 6.64. The zero-order chi connectivity index (χ0) is 24.0. The van der Waals surface area contributed by atoms with Crippen molar-refractivity contribution >= 4 is 31.3 Å². The Morgan fingerprint density at radius 2 is 2.00 bits per heavy atom. The van der Waals surface area contributed by atoms with Crippen molar-refractivity contribution in [3.63, 3.8) is 0 Å². The quantitative estimate of drug-likeness (QED) is 0.465. The molecule has 1 aliphatic heterocycles. The van der Waals surface area contributed by atoms with Gasteiger partial charge in [0.25, 0.3) is 5.56 Å². The van der Waals surface area contributed by atoms with Crippen LogP contribution in [0.5, 0.6) is 0 Å². The van der Waals surface area contributed by atoms with Crippen molar-refractivity contribution in [2.75, 3.05) is 11.9 Å². The Morgan fingerprint density at radius 3 is 2.59 bits per heavy atom. The van der Waals surface area contributed by atoms with Gasteiger partial charge in [0, 0.05) is 5.92 Å². The normalized spacial score (nSPS) is 24.4. The number of aliphatic hydroxyl groups is 2. The second kappa shape index (κ2) is 8.67. The van der Waals surface area contributed by atoms with E-state index < -0.39 is 38.4 Å². The highest BCUT2D eigenvalue weighted by Gasteiger charge is 2.46. The number of ether oxygens (including phenoxy) is 1. The first kappa shape index (κ1) is 24.5. The Balaban J connectivity index is 1.86. The van der Waals surface area contributed by atoms with Gasteiger partial charge in [0.05, 0.1) is 12.9 Å². The van der Waals surface area contributed by atoms with E-state index in [1.807, 2.05) is 0 Å². The fourth-order valence-corrected chi connectivity index (χ4v) is 4.05. The maximum atomic E-state index is 12.4. The number of hydrogen-bond acceptors (Lipinski definition) is 8. The molecule has 0 aliphatic carbocycles. The first-order chi connectivity index (χ1) is 14.7. The van der Waals surface area contributed by atoms with Crippen molar-refractivity contribution in [3.8, 4) is 0 Å². The molecule has 2 aromatic heterocycles. The Labute approximate surface area is 187 Å². The summed E-state index contributed by atoms with van der Waals surface area (Å²) in [5.74, 6) is -0.652. The van der Waals surface area contributed by atoms with Gasteiger partial charge >= 0.3 is 0 Å². The molecule has 12 heteroatoms. The minimum absolute atomic E-state index is 0.0170. The van der Waals surface area contributed by atoms with E-state index in [1.54, 1.807) is 13.8 Å². The van der Waals surface area contributed by atoms with Gasteiger partial charge in [-0.15, -0.1) is 0 Å². The Bertz CT molecular complexity index is 1040. The van der Waals surface area contributed by atoms with Gasteiger partial charge in [-0.2, -0.15) is 4.98 Å².